The van der Waals surface area contributed by atoms with E-state index in [4.69, 9.17) is 9.47 Å². The summed E-state index contributed by atoms with van der Waals surface area (Å²) < 4.78 is 11.0. The van der Waals surface area contributed by atoms with E-state index in [0.29, 0.717) is 6.61 Å². The number of hydrogen-bond donors (Lipinski definition) is 0. The number of nitrogens with zero attached hydrogens (tertiary/aromatic N) is 3. The summed E-state index contributed by atoms with van der Waals surface area (Å²) in [5.74, 6) is 0. The van der Waals surface area contributed by atoms with Crippen molar-refractivity contribution in [2.75, 3.05) is 32.8 Å². The van der Waals surface area contributed by atoms with Crippen molar-refractivity contribution in [1.82, 2.24) is 14.7 Å². The van der Waals surface area contributed by atoms with Crippen molar-refractivity contribution >= 4 is 12.2 Å². The third-order valence-corrected chi connectivity index (χ3v) is 7.21. The molecule has 2 amide bonds. The van der Waals surface area contributed by atoms with Gasteiger partial charge in [0.1, 0.15) is 12.2 Å². The molecule has 1 aromatic rings. The average molecular weight is 444 g/mol. The highest BCUT2D eigenvalue weighted by molar-refractivity contribution is 5.71. The lowest BCUT2D eigenvalue weighted by molar-refractivity contribution is -0.0136. The van der Waals surface area contributed by atoms with E-state index in [9.17, 15) is 9.59 Å². The first-order valence-corrected chi connectivity index (χ1v) is 11.9. The van der Waals surface area contributed by atoms with Gasteiger partial charge >= 0.3 is 12.2 Å². The molecule has 0 radical (unpaired) electrons. The Morgan fingerprint density at radius 3 is 2.28 bits per heavy atom. The van der Waals surface area contributed by atoms with Crippen molar-refractivity contribution in [3.8, 4) is 0 Å². The van der Waals surface area contributed by atoms with Gasteiger partial charge in [0, 0.05) is 37.8 Å². The topological polar surface area (TPSA) is 62.3 Å². The molecule has 4 rings (SSSR count). The number of carbonyl (C=O) groups is 2. The Kier molecular flexibility index (Phi) is 6.39. The van der Waals surface area contributed by atoms with Crippen LogP contribution in [0.1, 0.15) is 65.0 Å². The summed E-state index contributed by atoms with van der Waals surface area (Å²) in [6, 6.07) is 10.4. The second-order valence-electron chi connectivity index (χ2n) is 10.6. The normalized spacial score (nSPS) is 25.0. The Balaban J connectivity index is 1.33. The predicted octanol–water partition coefficient (Wildman–Crippen LogP) is 4.43. The Labute approximate surface area is 191 Å². The lowest BCUT2D eigenvalue weighted by Crippen LogP contribution is -2.58. The smallest absolute Gasteiger partial charge is 0.410 e. The molecule has 0 saturated carbocycles. The highest BCUT2D eigenvalue weighted by atomic mass is 16.6. The van der Waals surface area contributed by atoms with Crippen LogP contribution < -0.4 is 0 Å². The Hall–Kier alpha value is -2.28. The van der Waals surface area contributed by atoms with E-state index in [2.05, 4.69) is 24.0 Å². The summed E-state index contributed by atoms with van der Waals surface area (Å²) in [5, 5.41) is 0. The molecule has 3 saturated heterocycles. The van der Waals surface area contributed by atoms with Crippen molar-refractivity contribution in [2.24, 2.45) is 0 Å². The molecule has 3 heterocycles. The number of benzene rings is 1. The summed E-state index contributed by atoms with van der Waals surface area (Å²) in [6.45, 7) is 11.8. The molecule has 32 heavy (non-hydrogen) atoms. The van der Waals surface area contributed by atoms with Crippen molar-refractivity contribution < 1.29 is 19.1 Å². The maximum Gasteiger partial charge on any atom is 0.410 e. The molecule has 1 atom stereocenters. The molecule has 0 N–H and O–H groups in total. The fraction of sp³-hybridized carbons (Fsp3) is 0.680. The number of ether oxygens (including phenoxy) is 2. The summed E-state index contributed by atoms with van der Waals surface area (Å²) in [4.78, 5) is 31.3. The van der Waals surface area contributed by atoms with Crippen molar-refractivity contribution in [3.63, 3.8) is 0 Å². The van der Waals surface area contributed by atoms with Crippen LogP contribution in [0.5, 0.6) is 0 Å². The highest BCUT2D eigenvalue weighted by Gasteiger charge is 2.43. The van der Waals surface area contributed by atoms with E-state index in [-0.39, 0.29) is 29.8 Å². The van der Waals surface area contributed by atoms with E-state index in [0.717, 1.165) is 57.4 Å². The van der Waals surface area contributed by atoms with Gasteiger partial charge in [-0.2, -0.15) is 0 Å². The van der Waals surface area contributed by atoms with Crippen LogP contribution >= 0.6 is 0 Å². The molecule has 0 spiro atoms. The largest absolute Gasteiger partial charge is 0.447 e. The highest BCUT2D eigenvalue weighted by Crippen LogP contribution is 2.36. The number of likely N-dealkylation sites (tertiary alicyclic amines) is 2. The van der Waals surface area contributed by atoms with Gasteiger partial charge in [0.25, 0.3) is 0 Å². The number of carbonyl (C=O) groups excluding carboxylic acids is 2. The third-order valence-electron chi connectivity index (χ3n) is 7.21. The molecule has 0 aliphatic carbocycles. The Bertz CT molecular complexity index is 806. The van der Waals surface area contributed by atoms with Gasteiger partial charge < -0.3 is 14.4 Å². The first kappa shape index (κ1) is 22.9. The minimum Gasteiger partial charge on any atom is -0.447 e. The molecule has 3 aliphatic heterocycles. The first-order valence-electron chi connectivity index (χ1n) is 11.9. The molecule has 0 aromatic heterocycles. The van der Waals surface area contributed by atoms with Gasteiger partial charge in [-0.15, -0.1) is 0 Å². The molecular weight excluding hydrogens is 406 g/mol. The monoisotopic (exact) mass is 443 g/mol. The minimum absolute atomic E-state index is 0.00732. The zero-order valence-corrected chi connectivity index (χ0v) is 19.9. The fourth-order valence-corrected chi connectivity index (χ4v) is 5.27. The van der Waals surface area contributed by atoms with Gasteiger partial charge in [-0.1, -0.05) is 30.3 Å². The van der Waals surface area contributed by atoms with Gasteiger partial charge in [-0.3, -0.25) is 9.80 Å². The molecule has 176 valence electrons. The summed E-state index contributed by atoms with van der Waals surface area (Å²) in [5.41, 5.74) is 0.754. The maximum atomic E-state index is 12.5. The van der Waals surface area contributed by atoms with Crippen LogP contribution in [-0.4, -0.2) is 76.9 Å². The van der Waals surface area contributed by atoms with E-state index in [1.165, 1.54) is 0 Å². The maximum absolute atomic E-state index is 12.5. The number of piperidine rings is 2. The van der Waals surface area contributed by atoms with Crippen LogP contribution in [0, 0.1) is 0 Å². The standard InChI is InChI=1S/C25H37N3O4/c1-24(2,3)32-22(29)26-16-12-25(4,13-17-26)27-14-10-20(11-15-27)28-21(18-31-23(28)30)19-8-6-5-7-9-19/h5-9,20-21H,10-18H2,1-4H3/t21-/m0/s1. The second kappa shape index (κ2) is 8.93. The van der Waals surface area contributed by atoms with Crippen LogP contribution in [0.3, 0.4) is 0 Å². The minimum atomic E-state index is -0.464. The molecule has 3 aliphatic rings. The van der Waals surface area contributed by atoms with Crippen LogP contribution in [-0.2, 0) is 9.47 Å². The van der Waals surface area contributed by atoms with Crippen LogP contribution in [0.4, 0.5) is 9.59 Å². The molecule has 7 nitrogen and oxygen atoms in total. The van der Waals surface area contributed by atoms with Crippen molar-refractivity contribution in [3.05, 3.63) is 35.9 Å². The SMILES string of the molecule is CC(C)(C)OC(=O)N1CCC(C)(N2CCC(N3C(=O)OC[C@H]3c3ccccc3)CC2)CC1. The number of amides is 2. The quantitative estimate of drug-likeness (QED) is 0.691. The molecular formula is C25H37N3O4. The van der Waals surface area contributed by atoms with Crippen molar-refractivity contribution in [1.29, 1.82) is 0 Å². The lowest BCUT2D eigenvalue weighted by atomic mass is 9.85. The predicted molar refractivity (Wildman–Crippen MR) is 122 cm³/mol. The Morgan fingerprint density at radius 2 is 1.69 bits per heavy atom. The van der Waals surface area contributed by atoms with Crippen LogP contribution in [0.25, 0.3) is 0 Å². The number of cyclic esters (lactones) is 1. The zero-order chi connectivity index (χ0) is 22.9. The summed E-state index contributed by atoms with van der Waals surface area (Å²) >= 11 is 0. The molecule has 0 bridgehead atoms. The van der Waals surface area contributed by atoms with Gasteiger partial charge in [-0.05, 0) is 58.9 Å². The van der Waals surface area contributed by atoms with E-state index in [1.54, 1.807) is 0 Å². The summed E-state index contributed by atoms with van der Waals surface area (Å²) in [6.07, 6.45) is 3.38. The molecule has 0 unspecified atom stereocenters. The molecule has 3 fully saturated rings. The van der Waals surface area contributed by atoms with E-state index in [1.807, 2.05) is 48.8 Å². The van der Waals surface area contributed by atoms with Gasteiger partial charge in [0.2, 0.25) is 0 Å². The van der Waals surface area contributed by atoms with Crippen molar-refractivity contribution in [2.45, 2.75) is 76.6 Å². The third kappa shape index (κ3) is 4.87. The van der Waals surface area contributed by atoms with Gasteiger partial charge in [0.15, 0.2) is 0 Å². The van der Waals surface area contributed by atoms with Gasteiger partial charge in [-0.25, -0.2) is 9.59 Å². The Morgan fingerprint density at radius 1 is 1.06 bits per heavy atom. The zero-order valence-electron chi connectivity index (χ0n) is 19.9. The fourth-order valence-electron chi connectivity index (χ4n) is 5.27. The van der Waals surface area contributed by atoms with E-state index < -0.39 is 5.60 Å². The summed E-state index contributed by atoms with van der Waals surface area (Å²) in [7, 11) is 0. The van der Waals surface area contributed by atoms with Gasteiger partial charge in [0.05, 0.1) is 6.04 Å². The number of hydrogen-bond acceptors (Lipinski definition) is 5. The van der Waals surface area contributed by atoms with Crippen LogP contribution in [0.2, 0.25) is 0 Å². The lowest BCUT2D eigenvalue weighted by Gasteiger charge is -2.50. The van der Waals surface area contributed by atoms with E-state index >= 15 is 0 Å². The second-order valence-corrected chi connectivity index (χ2v) is 10.6. The average Bonchev–Trinajstić information content (AvgIpc) is 3.15. The number of rotatable bonds is 3. The van der Waals surface area contributed by atoms with Crippen LogP contribution in [0.15, 0.2) is 30.3 Å². The molecule has 7 heteroatoms. The first-order chi connectivity index (χ1) is 15.2. The molecule has 1 aromatic carbocycles.